The topological polar surface area (TPSA) is 213 Å². The van der Waals surface area contributed by atoms with Crippen LogP contribution in [0.1, 0.15) is 42.1 Å². The molecule has 13 nitrogen and oxygen atoms in total. The van der Waals surface area contributed by atoms with Gasteiger partial charge in [-0.1, -0.05) is 6.07 Å². The van der Waals surface area contributed by atoms with Crippen LogP contribution in [0.25, 0.3) is 0 Å². The SMILES string of the molecule is CC(C(=O)Nc1ccc2c(c1O)C(=O)C1C(=O)[C@]3(O)C(=O)C(C(N)=O)C(=O)[C@@H](N(C)C)C3CC1C2)N1CCC(CN)CC1. The van der Waals surface area contributed by atoms with Crippen LogP contribution in [0, 0.1) is 29.6 Å². The molecule has 1 heterocycles. The normalized spacial score (nSPS) is 32.2. The minimum Gasteiger partial charge on any atom is -0.505 e. The molecule has 4 aliphatic rings. The second-order valence-electron chi connectivity index (χ2n) is 12.7. The number of likely N-dealkylation sites (N-methyl/N-ethyl adjacent to an activating group) is 1. The first-order chi connectivity index (χ1) is 20.2. The number of phenols is 1. The van der Waals surface area contributed by atoms with Gasteiger partial charge in [0.05, 0.1) is 29.3 Å². The minimum absolute atomic E-state index is 0.0000976. The maximum atomic E-state index is 13.9. The fraction of sp³-hybridized carbons (Fsp3) is 0.600. The summed E-state index contributed by atoms with van der Waals surface area (Å²) in [5, 5.41) is 25.6. The highest BCUT2D eigenvalue weighted by Gasteiger charge is 2.69. The Labute approximate surface area is 248 Å². The van der Waals surface area contributed by atoms with Gasteiger partial charge in [-0.3, -0.25) is 38.6 Å². The Balaban J connectivity index is 1.44. The summed E-state index contributed by atoms with van der Waals surface area (Å²) in [6, 6.07) is 1.44. The molecule has 2 amide bonds. The number of ketones is 4. The molecule has 1 aromatic carbocycles. The first-order valence-corrected chi connectivity index (χ1v) is 14.7. The zero-order chi connectivity index (χ0) is 31.5. The number of amides is 2. The number of nitrogens with zero attached hydrogens (tertiary/aromatic N) is 2. The molecule has 0 radical (unpaired) electrons. The molecule has 7 atom stereocenters. The number of aromatic hydroxyl groups is 1. The van der Waals surface area contributed by atoms with E-state index in [2.05, 4.69) is 5.32 Å². The lowest BCUT2D eigenvalue weighted by Gasteiger charge is -2.52. The predicted molar refractivity (Wildman–Crippen MR) is 153 cm³/mol. The molecule has 5 unspecified atom stereocenters. The van der Waals surface area contributed by atoms with Gasteiger partial charge in [0, 0.05) is 5.92 Å². The third kappa shape index (κ3) is 4.78. The van der Waals surface area contributed by atoms with E-state index in [4.69, 9.17) is 11.5 Å². The van der Waals surface area contributed by atoms with E-state index in [0.29, 0.717) is 31.1 Å². The molecule has 0 spiro atoms. The lowest BCUT2D eigenvalue weighted by Crippen LogP contribution is -2.74. The summed E-state index contributed by atoms with van der Waals surface area (Å²) >= 11 is 0. The van der Waals surface area contributed by atoms with Crippen molar-refractivity contribution in [2.75, 3.05) is 39.0 Å². The fourth-order valence-corrected chi connectivity index (χ4v) is 7.66. The smallest absolute Gasteiger partial charge is 0.241 e. The number of benzene rings is 1. The number of hydrogen-bond donors (Lipinski definition) is 5. The van der Waals surface area contributed by atoms with Crippen LogP contribution < -0.4 is 16.8 Å². The highest BCUT2D eigenvalue weighted by molar-refractivity contribution is 6.32. The summed E-state index contributed by atoms with van der Waals surface area (Å²) in [4.78, 5) is 83.1. The summed E-state index contributed by atoms with van der Waals surface area (Å²) < 4.78 is 0. The van der Waals surface area contributed by atoms with E-state index >= 15 is 0 Å². The van der Waals surface area contributed by atoms with Crippen molar-refractivity contribution in [3.63, 3.8) is 0 Å². The predicted octanol–water partition coefficient (Wildman–Crippen LogP) is -1.14. The van der Waals surface area contributed by atoms with Gasteiger partial charge < -0.3 is 27.0 Å². The third-order valence-corrected chi connectivity index (χ3v) is 10.1. The summed E-state index contributed by atoms with van der Waals surface area (Å²) in [6.07, 6.45) is 1.88. The van der Waals surface area contributed by atoms with Crippen molar-refractivity contribution in [3.05, 3.63) is 23.3 Å². The molecule has 1 saturated heterocycles. The van der Waals surface area contributed by atoms with Crippen molar-refractivity contribution in [1.82, 2.24) is 9.80 Å². The molecule has 3 aliphatic carbocycles. The number of likely N-dealkylation sites (tertiary alicyclic amines) is 1. The molecule has 0 bridgehead atoms. The van der Waals surface area contributed by atoms with E-state index in [1.54, 1.807) is 13.0 Å². The van der Waals surface area contributed by atoms with Crippen molar-refractivity contribution in [2.45, 2.75) is 50.3 Å². The lowest BCUT2D eigenvalue weighted by atomic mass is 9.52. The van der Waals surface area contributed by atoms with Crippen LogP contribution in [0.3, 0.4) is 0 Å². The molecule has 5 rings (SSSR count). The number of nitrogens with one attached hydrogen (secondary N) is 1. The number of anilines is 1. The molecule has 7 N–H and O–H groups in total. The number of phenolic OH excluding ortho intramolecular Hbond substituents is 1. The van der Waals surface area contributed by atoms with E-state index in [9.17, 15) is 39.0 Å². The Bertz CT molecular complexity index is 1400. The van der Waals surface area contributed by atoms with Gasteiger partial charge in [-0.2, -0.15) is 0 Å². The number of hydrogen-bond acceptors (Lipinski definition) is 11. The zero-order valence-electron chi connectivity index (χ0n) is 24.5. The Morgan fingerprint density at radius 3 is 2.37 bits per heavy atom. The number of fused-ring (bicyclic) bond motifs is 3. The summed E-state index contributed by atoms with van der Waals surface area (Å²) in [6.45, 7) is 3.76. The van der Waals surface area contributed by atoms with Crippen molar-refractivity contribution in [1.29, 1.82) is 0 Å². The number of piperidine rings is 1. The Kier molecular flexibility index (Phi) is 8.05. The van der Waals surface area contributed by atoms with E-state index < -0.39 is 76.1 Å². The molecular weight excluding hydrogens is 558 g/mol. The van der Waals surface area contributed by atoms with Crippen molar-refractivity contribution in [3.8, 4) is 5.75 Å². The van der Waals surface area contributed by atoms with Gasteiger partial charge in [0.2, 0.25) is 11.8 Å². The lowest BCUT2D eigenvalue weighted by molar-refractivity contribution is -0.181. The van der Waals surface area contributed by atoms with Gasteiger partial charge >= 0.3 is 0 Å². The van der Waals surface area contributed by atoms with Crippen LogP contribution in [0.5, 0.6) is 5.75 Å². The second kappa shape index (κ2) is 11.2. The fourth-order valence-electron chi connectivity index (χ4n) is 7.66. The quantitative estimate of drug-likeness (QED) is 0.195. The number of primary amides is 1. The first-order valence-electron chi connectivity index (χ1n) is 14.7. The van der Waals surface area contributed by atoms with E-state index in [1.165, 1.54) is 25.1 Å². The Morgan fingerprint density at radius 2 is 1.79 bits per heavy atom. The minimum atomic E-state index is -2.79. The molecule has 0 aromatic heterocycles. The van der Waals surface area contributed by atoms with E-state index in [0.717, 1.165) is 12.8 Å². The number of carbonyl (C=O) groups excluding carboxylic acids is 6. The van der Waals surface area contributed by atoms with Crippen LogP contribution in [-0.4, -0.2) is 106 Å². The van der Waals surface area contributed by atoms with Gasteiger partial charge in [-0.25, -0.2) is 0 Å². The standard InChI is InChI=1S/C30H39N5O8/c1-13(35-8-6-14(12-31)7-9-35)29(42)33-18-5-4-15-10-16-11-17-22(34(2)3)25(38)21(28(32)41)27(40)30(17,43)26(39)20(16)24(37)19(15)23(18)36/h4-5,13-14,16-17,20-22,36,43H,6-12,31H2,1-3H3,(H2,32,41)(H,33,42)/t13?,16?,17?,20?,21?,22-,30-/m0/s1. The Hall–Kier alpha value is -3.52. The highest BCUT2D eigenvalue weighted by Crippen LogP contribution is 2.51. The zero-order valence-corrected chi connectivity index (χ0v) is 24.5. The number of rotatable bonds is 6. The van der Waals surface area contributed by atoms with Crippen molar-refractivity contribution in [2.24, 2.45) is 41.1 Å². The second-order valence-corrected chi connectivity index (χ2v) is 12.7. The highest BCUT2D eigenvalue weighted by atomic mass is 16.3. The molecular formula is C30H39N5O8. The van der Waals surface area contributed by atoms with Gasteiger partial charge in [-0.15, -0.1) is 0 Å². The number of Topliss-reactive ketones (excluding diaryl/α,β-unsaturated/α-hetero) is 4. The van der Waals surface area contributed by atoms with Gasteiger partial charge in [0.15, 0.2) is 34.7 Å². The van der Waals surface area contributed by atoms with Crippen LogP contribution in [-0.2, 0) is 30.4 Å². The average Bonchev–Trinajstić information content (AvgIpc) is 2.95. The van der Waals surface area contributed by atoms with Crippen LogP contribution in [0.4, 0.5) is 5.69 Å². The van der Waals surface area contributed by atoms with Crippen molar-refractivity contribution >= 4 is 40.6 Å². The van der Waals surface area contributed by atoms with Crippen LogP contribution in [0.15, 0.2) is 12.1 Å². The van der Waals surface area contributed by atoms with Gasteiger partial charge in [-0.05, 0) is 89.8 Å². The molecule has 1 aliphatic heterocycles. The number of carbonyl (C=O) groups is 6. The molecule has 3 fully saturated rings. The van der Waals surface area contributed by atoms with E-state index in [1.807, 2.05) is 4.90 Å². The summed E-state index contributed by atoms with van der Waals surface area (Å²) in [7, 11) is 3.07. The van der Waals surface area contributed by atoms with Crippen molar-refractivity contribution < 1.29 is 39.0 Å². The summed E-state index contributed by atoms with van der Waals surface area (Å²) in [5.41, 5.74) is 8.61. The molecule has 13 heteroatoms. The maximum absolute atomic E-state index is 13.9. The monoisotopic (exact) mass is 597 g/mol. The maximum Gasteiger partial charge on any atom is 0.241 e. The first kappa shape index (κ1) is 30.9. The molecule has 2 saturated carbocycles. The summed E-state index contributed by atoms with van der Waals surface area (Å²) in [5.74, 6) is -11.1. The van der Waals surface area contributed by atoms with Crippen LogP contribution >= 0.6 is 0 Å². The van der Waals surface area contributed by atoms with E-state index in [-0.39, 0.29) is 30.0 Å². The number of aliphatic hydroxyl groups is 1. The van der Waals surface area contributed by atoms with Gasteiger partial charge in [0.25, 0.3) is 0 Å². The largest absolute Gasteiger partial charge is 0.505 e. The molecule has 43 heavy (non-hydrogen) atoms. The third-order valence-electron chi connectivity index (χ3n) is 10.1. The molecule has 1 aromatic rings. The van der Waals surface area contributed by atoms with Crippen LogP contribution in [0.2, 0.25) is 0 Å². The average molecular weight is 598 g/mol. The Morgan fingerprint density at radius 1 is 1.14 bits per heavy atom. The van der Waals surface area contributed by atoms with Gasteiger partial charge in [0.1, 0.15) is 5.75 Å². The molecule has 232 valence electrons. The number of nitrogens with two attached hydrogens (primary N) is 2.